The van der Waals surface area contributed by atoms with Gasteiger partial charge in [-0.3, -0.25) is 0 Å². The van der Waals surface area contributed by atoms with Gasteiger partial charge in [0, 0.05) is 39.3 Å². The van der Waals surface area contributed by atoms with Gasteiger partial charge in [-0.05, 0) is 19.3 Å². The summed E-state index contributed by atoms with van der Waals surface area (Å²) in [4.78, 5) is 8.93. The summed E-state index contributed by atoms with van der Waals surface area (Å²) in [6.07, 6.45) is 4.02. The summed E-state index contributed by atoms with van der Waals surface area (Å²) in [5.41, 5.74) is 0. The Kier molecular flexibility index (Phi) is 7.89. The number of aryl methyl sites for hydroxylation is 1. The van der Waals surface area contributed by atoms with E-state index >= 15 is 0 Å². The van der Waals surface area contributed by atoms with Crippen molar-refractivity contribution in [1.29, 1.82) is 0 Å². The van der Waals surface area contributed by atoms with Crippen LogP contribution >= 0.6 is 0 Å². The Balaban J connectivity index is 2.41. The zero-order valence-electron chi connectivity index (χ0n) is 12.3. The van der Waals surface area contributed by atoms with Crippen LogP contribution in [0.5, 0.6) is 0 Å². The Morgan fingerprint density at radius 2 is 1.89 bits per heavy atom. The molecule has 0 bridgehead atoms. The van der Waals surface area contributed by atoms with Gasteiger partial charge in [-0.1, -0.05) is 13.8 Å². The minimum absolute atomic E-state index is 0.798. The molecule has 0 aromatic carbocycles. The lowest BCUT2D eigenvalue weighted by molar-refractivity contribution is 0.134. The smallest absolute Gasteiger partial charge is 0.133 e. The summed E-state index contributed by atoms with van der Waals surface area (Å²) in [6, 6.07) is 1.94. The van der Waals surface area contributed by atoms with Gasteiger partial charge >= 0.3 is 0 Å². The fraction of sp³-hybridized carbons (Fsp3) is 0.714. The quantitative estimate of drug-likeness (QED) is 0.638. The molecule has 0 atom stereocenters. The molecule has 0 aliphatic heterocycles. The maximum atomic E-state index is 5.44. The van der Waals surface area contributed by atoms with Crippen molar-refractivity contribution in [2.24, 2.45) is 0 Å². The molecule has 0 spiro atoms. The molecule has 0 aliphatic rings. The molecule has 2 N–H and O–H groups in total. The minimum atomic E-state index is 0.798. The van der Waals surface area contributed by atoms with Gasteiger partial charge < -0.3 is 15.4 Å². The molecule has 0 radical (unpaired) electrons. The van der Waals surface area contributed by atoms with E-state index in [1.54, 1.807) is 0 Å². The van der Waals surface area contributed by atoms with Crippen LogP contribution in [0.25, 0.3) is 0 Å². The number of ether oxygens (including phenoxy) is 1. The van der Waals surface area contributed by atoms with Crippen molar-refractivity contribution >= 4 is 11.6 Å². The molecule has 5 heteroatoms. The van der Waals surface area contributed by atoms with Gasteiger partial charge in [-0.15, -0.1) is 0 Å². The zero-order chi connectivity index (χ0) is 13.9. The summed E-state index contributed by atoms with van der Waals surface area (Å²) in [5.74, 6) is 2.64. The molecule has 0 aliphatic carbocycles. The average Bonchev–Trinajstić information content (AvgIpc) is 2.43. The van der Waals surface area contributed by atoms with Crippen LogP contribution in [-0.2, 0) is 11.2 Å². The van der Waals surface area contributed by atoms with Crippen molar-refractivity contribution in [3.05, 3.63) is 11.9 Å². The number of hydrogen-bond acceptors (Lipinski definition) is 5. The van der Waals surface area contributed by atoms with E-state index in [0.717, 1.165) is 62.9 Å². The lowest BCUT2D eigenvalue weighted by Crippen LogP contribution is -2.10. The van der Waals surface area contributed by atoms with Crippen LogP contribution in [0.4, 0.5) is 11.6 Å². The number of aromatic nitrogens is 2. The second kappa shape index (κ2) is 9.55. The molecule has 0 fully saturated rings. The van der Waals surface area contributed by atoms with Crippen LogP contribution in [0.1, 0.15) is 38.9 Å². The molecule has 0 saturated carbocycles. The predicted molar refractivity (Wildman–Crippen MR) is 79.8 cm³/mol. The van der Waals surface area contributed by atoms with Crippen molar-refractivity contribution in [3.63, 3.8) is 0 Å². The molecule has 0 unspecified atom stereocenters. The van der Waals surface area contributed by atoms with Gasteiger partial charge in [0.05, 0.1) is 0 Å². The summed E-state index contributed by atoms with van der Waals surface area (Å²) < 4.78 is 5.44. The van der Waals surface area contributed by atoms with E-state index in [1.807, 2.05) is 13.1 Å². The highest BCUT2D eigenvalue weighted by Crippen LogP contribution is 2.11. The SMILES string of the molecule is CCCOCCCNc1cc(NC)nc(CCC)n1. The zero-order valence-corrected chi connectivity index (χ0v) is 12.3. The molecule has 19 heavy (non-hydrogen) atoms. The van der Waals surface area contributed by atoms with Crippen molar-refractivity contribution in [2.45, 2.75) is 39.5 Å². The molecular formula is C14H26N4O. The molecular weight excluding hydrogens is 240 g/mol. The first-order valence-corrected chi connectivity index (χ1v) is 7.17. The minimum Gasteiger partial charge on any atom is -0.381 e. The van der Waals surface area contributed by atoms with Crippen LogP contribution in [0.2, 0.25) is 0 Å². The van der Waals surface area contributed by atoms with E-state index in [-0.39, 0.29) is 0 Å². The summed E-state index contributed by atoms with van der Waals surface area (Å²) in [6.45, 7) is 6.77. The largest absolute Gasteiger partial charge is 0.381 e. The Labute approximate surface area is 116 Å². The van der Waals surface area contributed by atoms with E-state index in [0.29, 0.717) is 0 Å². The van der Waals surface area contributed by atoms with Crippen LogP contribution in [0, 0.1) is 0 Å². The van der Waals surface area contributed by atoms with E-state index < -0.39 is 0 Å². The van der Waals surface area contributed by atoms with Crippen molar-refractivity contribution < 1.29 is 4.74 Å². The number of anilines is 2. The molecule has 108 valence electrons. The highest BCUT2D eigenvalue weighted by Gasteiger charge is 2.02. The summed E-state index contributed by atoms with van der Waals surface area (Å²) >= 11 is 0. The second-order valence-electron chi connectivity index (χ2n) is 4.45. The van der Waals surface area contributed by atoms with Crippen LogP contribution in [-0.4, -0.2) is 36.8 Å². The first-order valence-electron chi connectivity index (χ1n) is 7.17. The maximum absolute atomic E-state index is 5.44. The fourth-order valence-electron chi connectivity index (χ4n) is 1.69. The molecule has 1 aromatic rings. The van der Waals surface area contributed by atoms with Gasteiger partial charge in [0.15, 0.2) is 0 Å². The summed E-state index contributed by atoms with van der Waals surface area (Å²) in [5, 5.41) is 6.39. The normalized spacial score (nSPS) is 10.5. The third-order valence-electron chi connectivity index (χ3n) is 2.62. The van der Waals surface area contributed by atoms with Gasteiger partial charge in [-0.25, -0.2) is 9.97 Å². The first kappa shape index (κ1) is 15.7. The molecule has 1 rings (SSSR count). The number of hydrogen-bond donors (Lipinski definition) is 2. The molecule has 1 heterocycles. The average molecular weight is 266 g/mol. The standard InChI is InChI=1S/C14H26N4O/c1-4-7-12-17-13(15-3)11-14(18-12)16-8-6-10-19-9-5-2/h11H,4-10H2,1-3H3,(H2,15,16,17,18). The van der Waals surface area contributed by atoms with Crippen LogP contribution in [0.3, 0.4) is 0 Å². The Morgan fingerprint density at radius 3 is 2.58 bits per heavy atom. The van der Waals surface area contributed by atoms with E-state index in [4.69, 9.17) is 4.74 Å². The summed E-state index contributed by atoms with van der Waals surface area (Å²) in [7, 11) is 1.88. The highest BCUT2D eigenvalue weighted by molar-refractivity contribution is 5.47. The lowest BCUT2D eigenvalue weighted by Gasteiger charge is -2.09. The molecule has 5 nitrogen and oxygen atoms in total. The molecule has 0 amide bonds. The predicted octanol–water partition coefficient (Wildman–Crippen LogP) is 2.70. The first-order chi connectivity index (χ1) is 9.30. The van der Waals surface area contributed by atoms with Crippen LogP contribution < -0.4 is 10.6 Å². The van der Waals surface area contributed by atoms with Crippen molar-refractivity contribution in [3.8, 4) is 0 Å². The second-order valence-corrected chi connectivity index (χ2v) is 4.45. The van der Waals surface area contributed by atoms with Crippen molar-refractivity contribution in [1.82, 2.24) is 9.97 Å². The maximum Gasteiger partial charge on any atom is 0.133 e. The van der Waals surface area contributed by atoms with Gasteiger partial charge in [-0.2, -0.15) is 0 Å². The van der Waals surface area contributed by atoms with Crippen molar-refractivity contribution in [2.75, 3.05) is 37.4 Å². The number of nitrogens with one attached hydrogen (secondary N) is 2. The molecule has 0 saturated heterocycles. The Hall–Kier alpha value is -1.36. The third-order valence-corrected chi connectivity index (χ3v) is 2.62. The number of rotatable bonds is 10. The molecule has 1 aromatic heterocycles. The van der Waals surface area contributed by atoms with Gasteiger partial charge in [0.25, 0.3) is 0 Å². The van der Waals surface area contributed by atoms with E-state index in [2.05, 4.69) is 34.4 Å². The van der Waals surface area contributed by atoms with Gasteiger partial charge in [0.1, 0.15) is 17.5 Å². The van der Waals surface area contributed by atoms with Gasteiger partial charge in [0.2, 0.25) is 0 Å². The topological polar surface area (TPSA) is 59.1 Å². The number of nitrogens with zero attached hydrogens (tertiary/aromatic N) is 2. The Morgan fingerprint density at radius 1 is 1.11 bits per heavy atom. The highest BCUT2D eigenvalue weighted by atomic mass is 16.5. The lowest BCUT2D eigenvalue weighted by atomic mass is 10.3. The monoisotopic (exact) mass is 266 g/mol. The Bertz CT molecular complexity index is 357. The fourth-order valence-corrected chi connectivity index (χ4v) is 1.69. The van der Waals surface area contributed by atoms with E-state index in [1.165, 1.54) is 0 Å². The van der Waals surface area contributed by atoms with Crippen LogP contribution in [0.15, 0.2) is 6.07 Å². The third kappa shape index (κ3) is 6.38. The van der Waals surface area contributed by atoms with E-state index in [9.17, 15) is 0 Å².